The summed E-state index contributed by atoms with van der Waals surface area (Å²) in [5.74, 6) is 1.30. The molecule has 4 N–H and O–H groups in total. The third-order valence-corrected chi connectivity index (χ3v) is 8.21. The zero-order valence-corrected chi connectivity index (χ0v) is 19.6. The van der Waals surface area contributed by atoms with Crippen LogP contribution >= 0.6 is 12.2 Å². The van der Waals surface area contributed by atoms with Crippen molar-refractivity contribution in [1.82, 2.24) is 20.5 Å². The molecule has 5 unspecified atom stereocenters. The maximum absolute atomic E-state index is 6.39. The summed E-state index contributed by atoms with van der Waals surface area (Å²) in [5, 5.41) is 9.24. The van der Waals surface area contributed by atoms with E-state index in [1.54, 1.807) is 0 Å². The highest BCUT2D eigenvalue weighted by Gasteiger charge is 2.43. The van der Waals surface area contributed by atoms with E-state index in [2.05, 4.69) is 63.5 Å². The molecule has 1 aromatic heterocycles. The molecule has 4 heterocycles. The lowest BCUT2D eigenvalue weighted by Crippen LogP contribution is -2.59. The summed E-state index contributed by atoms with van der Waals surface area (Å²) < 4.78 is 0. The Morgan fingerprint density at radius 2 is 2.06 bits per heavy atom. The summed E-state index contributed by atoms with van der Waals surface area (Å²) in [6, 6.07) is 11.5. The molecule has 0 radical (unpaired) electrons. The van der Waals surface area contributed by atoms with Crippen LogP contribution in [0.5, 0.6) is 0 Å². The van der Waals surface area contributed by atoms with Gasteiger partial charge in [-0.15, -0.1) is 6.58 Å². The number of rotatable bonds is 5. The Kier molecular flexibility index (Phi) is 6.44. The average Bonchev–Trinajstić information content (AvgIpc) is 2.84. The third-order valence-electron chi connectivity index (χ3n) is 7.98. The number of nitrogens with two attached hydrogens (primary N) is 1. The van der Waals surface area contributed by atoms with Gasteiger partial charge in [0.1, 0.15) is 0 Å². The number of thiocarbonyl (C=S) groups is 1. The predicted molar refractivity (Wildman–Crippen MR) is 135 cm³/mol. The van der Waals surface area contributed by atoms with Crippen molar-refractivity contribution in [2.24, 2.45) is 17.6 Å². The second kappa shape index (κ2) is 9.46. The van der Waals surface area contributed by atoms with Gasteiger partial charge in [-0.3, -0.25) is 9.88 Å². The third kappa shape index (κ3) is 4.28. The van der Waals surface area contributed by atoms with Crippen LogP contribution in [-0.4, -0.2) is 46.2 Å². The molecule has 1 aromatic carbocycles. The standard InChI is InChI=1S/C26H35N5S/c1-2-17-16-31-14-12-18(17)15-24(31)25(20-11-13-28-22-9-5-3-7-19(20)22)30-26(32)29-23-10-6-4-8-21(23)27/h2-3,5,7,9,11,13,17-18,21,23-25H,1,4,6,8,10,12,14-16,27H2,(H2,29,30,32)/t17?,18?,21-,23-,24?,25?/m1/s1. The monoisotopic (exact) mass is 449 g/mol. The number of benzene rings is 1. The van der Waals surface area contributed by atoms with Gasteiger partial charge in [-0.25, -0.2) is 0 Å². The van der Waals surface area contributed by atoms with E-state index < -0.39 is 0 Å². The summed E-state index contributed by atoms with van der Waals surface area (Å²) >= 11 is 5.86. The van der Waals surface area contributed by atoms with Crippen LogP contribution in [0.1, 0.15) is 50.1 Å². The predicted octanol–water partition coefficient (Wildman–Crippen LogP) is 3.91. The van der Waals surface area contributed by atoms with Gasteiger partial charge >= 0.3 is 0 Å². The summed E-state index contributed by atoms with van der Waals surface area (Å²) in [7, 11) is 0. The van der Waals surface area contributed by atoms with Crippen molar-refractivity contribution < 1.29 is 0 Å². The van der Waals surface area contributed by atoms with Gasteiger partial charge in [-0.05, 0) is 74.0 Å². The highest BCUT2D eigenvalue weighted by Crippen LogP contribution is 2.42. The normalized spacial score (nSPS) is 32.9. The van der Waals surface area contributed by atoms with Crippen LogP contribution in [0, 0.1) is 11.8 Å². The maximum atomic E-state index is 6.39. The van der Waals surface area contributed by atoms with Crippen LogP contribution in [0.4, 0.5) is 0 Å². The molecule has 3 aliphatic heterocycles. The van der Waals surface area contributed by atoms with Gasteiger partial charge in [0.05, 0.1) is 11.6 Å². The number of aromatic nitrogens is 1. The number of piperidine rings is 3. The van der Waals surface area contributed by atoms with E-state index in [0.29, 0.717) is 17.9 Å². The fraction of sp³-hybridized carbons (Fsp3) is 0.538. The minimum absolute atomic E-state index is 0.108. The first-order valence-corrected chi connectivity index (χ1v) is 12.6. The lowest BCUT2D eigenvalue weighted by molar-refractivity contribution is 0.00426. The molecule has 2 bridgehead atoms. The molecule has 0 amide bonds. The van der Waals surface area contributed by atoms with Gasteiger partial charge in [0.2, 0.25) is 0 Å². The summed E-state index contributed by atoms with van der Waals surface area (Å²) in [4.78, 5) is 7.25. The van der Waals surface area contributed by atoms with Crippen molar-refractivity contribution in [3.8, 4) is 0 Å². The van der Waals surface area contributed by atoms with E-state index in [-0.39, 0.29) is 18.1 Å². The zero-order valence-electron chi connectivity index (χ0n) is 18.7. The van der Waals surface area contributed by atoms with Crippen LogP contribution in [-0.2, 0) is 0 Å². The van der Waals surface area contributed by atoms with Crippen LogP contribution in [0.25, 0.3) is 10.9 Å². The molecule has 3 saturated heterocycles. The molecule has 4 fully saturated rings. The van der Waals surface area contributed by atoms with Crippen molar-refractivity contribution in [2.45, 2.75) is 62.7 Å². The quantitative estimate of drug-likeness (QED) is 0.475. The minimum atomic E-state index is 0.108. The molecule has 6 heteroatoms. The van der Waals surface area contributed by atoms with E-state index >= 15 is 0 Å². The largest absolute Gasteiger partial charge is 0.358 e. The molecule has 5 nitrogen and oxygen atoms in total. The summed E-state index contributed by atoms with van der Waals surface area (Å²) in [6.45, 7) is 6.34. The molecule has 1 saturated carbocycles. The minimum Gasteiger partial charge on any atom is -0.358 e. The van der Waals surface area contributed by atoms with Gasteiger partial charge < -0.3 is 16.4 Å². The number of pyridine rings is 1. The Labute approximate surface area is 196 Å². The lowest BCUT2D eigenvalue weighted by atomic mass is 9.73. The average molecular weight is 450 g/mol. The van der Waals surface area contributed by atoms with E-state index in [1.165, 1.54) is 30.2 Å². The van der Waals surface area contributed by atoms with Crippen molar-refractivity contribution in [3.05, 3.63) is 54.7 Å². The molecule has 7 atom stereocenters. The molecule has 4 aliphatic rings. The second-order valence-corrected chi connectivity index (χ2v) is 10.2. The number of hydrogen-bond donors (Lipinski definition) is 3. The molecule has 170 valence electrons. The molecular weight excluding hydrogens is 414 g/mol. The van der Waals surface area contributed by atoms with E-state index in [1.807, 2.05) is 6.20 Å². The van der Waals surface area contributed by atoms with Gasteiger partial charge in [-0.2, -0.15) is 0 Å². The molecule has 1 aliphatic carbocycles. The van der Waals surface area contributed by atoms with E-state index in [9.17, 15) is 0 Å². The maximum Gasteiger partial charge on any atom is 0.167 e. The first-order chi connectivity index (χ1) is 15.6. The van der Waals surface area contributed by atoms with Crippen LogP contribution in [0.15, 0.2) is 49.2 Å². The van der Waals surface area contributed by atoms with E-state index in [0.717, 1.165) is 43.0 Å². The number of para-hydroxylation sites is 1. The molecule has 32 heavy (non-hydrogen) atoms. The highest BCUT2D eigenvalue weighted by molar-refractivity contribution is 7.80. The Bertz CT molecular complexity index is 972. The molecule has 2 aromatic rings. The van der Waals surface area contributed by atoms with Gasteiger partial charge in [-0.1, -0.05) is 37.1 Å². The van der Waals surface area contributed by atoms with Crippen molar-refractivity contribution in [1.29, 1.82) is 0 Å². The van der Waals surface area contributed by atoms with Gasteiger partial charge in [0, 0.05) is 36.3 Å². The fourth-order valence-electron chi connectivity index (χ4n) is 6.18. The van der Waals surface area contributed by atoms with Crippen molar-refractivity contribution in [3.63, 3.8) is 0 Å². The number of nitrogens with one attached hydrogen (secondary N) is 2. The summed E-state index contributed by atoms with van der Waals surface area (Å²) in [5.41, 5.74) is 8.70. The lowest BCUT2D eigenvalue weighted by Gasteiger charge is -2.52. The van der Waals surface area contributed by atoms with E-state index in [4.69, 9.17) is 18.0 Å². The van der Waals surface area contributed by atoms with Crippen LogP contribution in [0.3, 0.4) is 0 Å². The fourth-order valence-corrected chi connectivity index (χ4v) is 6.46. The second-order valence-electron chi connectivity index (χ2n) is 9.81. The topological polar surface area (TPSA) is 66.2 Å². The van der Waals surface area contributed by atoms with Crippen LogP contribution in [0.2, 0.25) is 0 Å². The number of nitrogens with zero attached hydrogens (tertiary/aromatic N) is 2. The van der Waals surface area contributed by atoms with Crippen molar-refractivity contribution >= 4 is 28.2 Å². The Balaban J connectivity index is 1.44. The zero-order chi connectivity index (χ0) is 22.1. The van der Waals surface area contributed by atoms with Gasteiger partial charge in [0.15, 0.2) is 5.11 Å². The smallest absolute Gasteiger partial charge is 0.167 e. The first kappa shape index (κ1) is 21.8. The Morgan fingerprint density at radius 3 is 2.84 bits per heavy atom. The number of hydrogen-bond acceptors (Lipinski definition) is 4. The van der Waals surface area contributed by atoms with Crippen molar-refractivity contribution in [2.75, 3.05) is 13.1 Å². The molecule has 0 spiro atoms. The highest BCUT2D eigenvalue weighted by atomic mass is 32.1. The van der Waals surface area contributed by atoms with Crippen LogP contribution < -0.4 is 16.4 Å². The first-order valence-electron chi connectivity index (χ1n) is 12.2. The summed E-state index contributed by atoms with van der Waals surface area (Å²) in [6.07, 6.45) is 11.1. The number of fused-ring (bicyclic) bond motifs is 4. The molecule has 6 rings (SSSR count). The Hall–Kier alpha value is -2.02. The van der Waals surface area contributed by atoms with Gasteiger partial charge in [0.25, 0.3) is 0 Å². The SMILES string of the molecule is C=CC1CN2CCC1CC2C(NC(=S)N[C@@H]1CCCC[C@H]1N)c1ccnc2ccccc12. The molecular formula is C26H35N5S. The Morgan fingerprint density at radius 1 is 1.22 bits per heavy atom.